The first-order valence-corrected chi connectivity index (χ1v) is 7.93. The highest BCUT2D eigenvalue weighted by molar-refractivity contribution is 5.84. The second-order valence-electron chi connectivity index (χ2n) is 6.69. The van der Waals surface area contributed by atoms with Crippen molar-refractivity contribution < 1.29 is 9.53 Å². The van der Waals surface area contributed by atoms with E-state index in [0.717, 1.165) is 26.1 Å². The third-order valence-corrected chi connectivity index (χ3v) is 5.34. The molecule has 2 unspecified atom stereocenters. The van der Waals surface area contributed by atoms with Crippen molar-refractivity contribution in [3.63, 3.8) is 0 Å². The number of Topliss-reactive ketones (excluding diaryl/α,β-unsaturated/α-hetero) is 1. The molecule has 114 valence electrons. The second-order valence-corrected chi connectivity index (χ2v) is 6.69. The van der Waals surface area contributed by atoms with Crippen molar-refractivity contribution in [2.45, 2.75) is 45.2 Å². The number of benzene rings is 1. The van der Waals surface area contributed by atoms with Gasteiger partial charge in [-0.15, -0.1) is 0 Å². The zero-order chi connectivity index (χ0) is 15.0. The average molecular weight is 287 g/mol. The van der Waals surface area contributed by atoms with Crippen LogP contribution in [-0.4, -0.2) is 43.0 Å². The number of morpholine rings is 1. The molecule has 1 aromatic carbocycles. The monoisotopic (exact) mass is 287 g/mol. The molecule has 0 radical (unpaired) electrons. The summed E-state index contributed by atoms with van der Waals surface area (Å²) in [6.45, 7) is 5.76. The fraction of sp³-hybridized carbons (Fsp3) is 0.611. The summed E-state index contributed by atoms with van der Waals surface area (Å²) in [4.78, 5) is 15.2. The molecule has 2 aliphatic heterocycles. The first-order valence-electron chi connectivity index (χ1n) is 7.93. The minimum absolute atomic E-state index is 0.208. The summed E-state index contributed by atoms with van der Waals surface area (Å²) in [6, 6.07) is 7.11. The van der Waals surface area contributed by atoms with Crippen molar-refractivity contribution >= 4 is 5.78 Å². The van der Waals surface area contributed by atoms with E-state index in [1.807, 2.05) is 0 Å². The average Bonchev–Trinajstić information content (AvgIpc) is 2.42. The molecular formula is C18H25NO2. The topological polar surface area (TPSA) is 29.5 Å². The lowest BCUT2D eigenvalue weighted by molar-refractivity contribution is -0.130. The van der Waals surface area contributed by atoms with Crippen LogP contribution >= 0.6 is 0 Å². The molecule has 2 saturated heterocycles. The minimum atomic E-state index is 0.208. The number of fused-ring (bicyclic) bond motifs is 2. The van der Waals surface area contributed by atoms with Gasteiger partial charge in [0.25, 0.3) is 0 Å². The summed E-state index contributed by atoms with van der Waals surface area (Å²) >= 11 is 0. The Morgan fingerprint density at radius 1 is 1.19 bits per heavy atom. The van der Waals surface area contributed by atoms with Gasteiger partial charge in [0, 0.05) is 24.4 Å². The van der Waals surface area contributed by atoms with Gasteiger partial charge >= 0.3 is 0 Å². The van der Waals surface area contributed by atoms with Gasteiger partial charge in [-0.05, 0) is 50.4 Å². The van der Waals surface area contributed by atoms with Gasteiger partial charge in [-0.25, -0.2) is 0 Å². The van der Waals surface area contributed by atoms with E-state index < -0.39 is 0 Å². The first-order chi connectivity index (χ1) is 10.1. The number of piperidine rings is 1. The Morgan fingerprint density at radius 3 is 2.33 bits per heavy atom. The molecule has 0 amide bonds. The van der Waals surface area contributed by atoms with Crippen LogP contribution in [0.1, 0.15) is 29.5 Å². The Balaban J connectivity index is 1.72. The van der Waals surface area contributed by atoms with Crippen LogP contribution in [0.15, 0.2) is 18.2 Å². The van der Waals surface area contributed by atoms with E-state index in [9.17, 15) is 4.79 Å². The Morgan fingerprint density at radius 2 is 1.76 bits per heavy atom. The molecule has 0 N–H and O–H groups in total. The van der Waals surface area contributed by atoms with Crippen LogP contribution in [0, 0.1) is 19.8 Å². The zero-order valence-corrected chi connectivity index (χ0v) is 13.3. The summed E-state index contributed by atoms with van der Waals surface area (Å²) in [5, 5.41) is 0. The van der Waals surface area contributed by atoms with Crippen molar-refractivity contribution in [2.24, 2.45) is 5.92 Å². The number of likely N-dealkylation sites (N-methyl/N-ethyl adjacent to an activating group) is 1. The molecule has 3 heteroatoms. The number of ether oxygens (including phenoxy) is 1. The molecule has 0 spiro atoms. The summed E-state index contributed by atoms with van der Waals surface area (Å²) in [7, 11) is 2.17. The van der Waals surface area contributed by atoms with Crippen molar-refractivity contribution in [1.82, 2.24) is 4.90 Å². The molecule has 0 aromatic heterocycles. The van der Waals surface area contributed by atoms with Gasteiger partial charge < -0.3 is 4.74 Å². The summed E-state index contributed by atoms with van der Waals surface area (Å²) in [5.74, 6) is 0.622. The molecule has 2 heterocycles. The predicted molar refractivity (Wildman–Crippen MR) is 83.5 cm³/mol. The van der Waals surface area contributed by atoms with Gasteiger partial charge in [-0.3, -0.25) is 9.69 Å². The van der Waals surface area contributed by atoms with Gasteiger partial charge in [0.05, 0.1) is 13.2 Å². The van der Waals surface area contributed by atoms with Crippen LogP contribution in [-0.2, 0) is 16.0 Å². The molecule has 1 aromatic rings. The van der Waals surface area contributed by atoms with E-state index in [0.29, 0.717) is 24.3 Å². The predicted octanol–water partition coefficient (Wildman–Crippen LogP) is 2.52. The van der Waals surface area contributed by atoms with Crippen LogP contribution in [0.4, 0.5) is 0 Å². The highest BCUT2D eigenvalue weighted by Crippen LogP contribution is 2.31. The standard InChI is InChI=1S/C18H25NO2/c1-12-5-4-6-13(2)17(12)9-18(20)14-7-15-10-21-11-16(8-14)19(15)3/h4-6,14-16H,7-11H2,1-3H3. The maximum atomic E-state index is 12.8. The Bertz CT molecular complexity index is 506. The van der Waals surface area contributed by atoms with Crippen LogP contribution in [0.2, 0.25) is 0 Å². The summed E-state index contributed by atoms with van der Waals surface area (Å²) in [6.07, 6.45) is 2.50. The molecule has 2 fully saturated rings. The maximum Gasteiger partial charge on any atom is 0.140 e. The van der Waals surface area contributed by atoms with Gasteiger partial charge in [0.2, 0.25) is 0 Å². The Kier molecular flexibility index (Phi) is 4.14. The Hall–Kier alpha value is -1.19. The van der Waals surface area contributed by atoms with E-state index >= 15 is 0 Å². The van der Waals surface area contributed by atoms with Crippen LogP contribution in [0.5, 0.6) is 0 Å². The number of nitrogens with zero attached hydrogens (tertiary/aromatic N) is 1. The van der Waals surface area contributed by atoms with Crippen LogP contribution in [0.3, 0.4) is 0 Å². The molecule has 21 heavy (non-hydrogen) atoms. The number of ketones is 1. The van der Waals surface area contributed by atoms with E-state index in [2.05, 4.69) is 44.0 Å². The first kappa shape index (κ1) is 14.7. The number of aryl methyl sites for hydroxylation is 2. The summed E-state index contributed by atoms with van der Waals surface area (Å²) < 4.78 is 5.64. The number of rotatable bonds is 3. The lowest BCUT2D eigenvalue weighted by atomic mass is 9.80. The normalized spacial score (nSPS) is 29.4. The zero-order valence-electron chi connectivity index (χ0n) is 13.3. The molecule has 2 bridgehead atoms. The van der Waals surface area contributed by atoms with Crippen LogP contribution in [0.25, 0.3) is 0 Å². The van der Waals surface area contributed by atoms with Gasteiger partial charge in [-0.1, -0.05) is 18.2 Å². The maximum absolute atomic E-state index is 12.8. The van der Waals surface area contributed by atoms with E-state index in [-0.39, 0.29) is 5.92 Å². The SMILES string of the molecule is Cc1cccc(C)c1CC(=O)C1CC2COCC(C1)N2C. The highest BCUT2D eigenvalue weighted by Gasteiger charge is 2.39. The lowest BCUT2D eigenvalue weighted by Gasteiger charge is -2.46. The third-order valence-electron chi connectivity index (χ3n) is 5.34. The van der Waals surface area contributed by atoms with Crippen molar-refractivity contribution in [2.75, 3.05) is 20.3 Å². The molecular weight excluding hydrogens is 262 g/mol. The molecule has 2 atom stereocenters. The Labute approximate surface area is 127 Å². The number of hydrogen-bond donors (Lipinski definition) is 0. The molecule has 0 aliphatic carbocycles. The number of carbonyl (C=O) groups excluding carboxylic acids is 1. The molecule has 0 saturated carbocycles. The largest absolute Gasteiger partial charge is 0.378 e. The molecule has 3 nitrogen and oxygen atoms in total. The lowest BCUT2D eigenvalue weighted by Crippen LogP contribution is -2.56. The summed E-state index contributed by atoms with van der Waals surface area (Å²) in [5.41, 5.74) is 3.70. The molecule has 2 aliphatic rings. The van der Waals surface area contributed by atoms with Gasteiger partial charge in [-0.2, -0.15) is 0 Å². The second kappa shape index (κ2) is 5.90. The van der Waals surface area contributed by atoms with Crippen molar-refractivity contribution in [3.05, 3.63) is 34.9 Å². The van der Waals surface area contributed by atoms with E-state index in [1.165, 1.54) is 16.7 Å². The van der Waals surface area contributed by atoms with E-state index in [4.69, 9.17) is 4.74 Å². The fourth-order valence-electron chi connectivity index (χ4n) is 3.80. The van der Waals surface area contributed by atoms with Crippen molar-refractivity contribution in [1.29, 1.82) is 0 Å². The van der Waals surface area contributed by atoms with Crippen molar-refractivity contribution in [3.8, 4) is 0 Å². The minimum Gasteiger partial charge on any atom is -0.378 e. The third kappa shape index (κ3) is 2.90. The highest BCUT2D eigenvalue weighted by atomic mass is 16.5. The van der Waals surface area contributed by atoms with Gasteiger partial charge in [0.1, 0.15) is 5.78 Å². The molecule has 3 rings (SSSR count). The number of hydrogen-bond acceptors (Lipinski definition) is 3. The quantitative estimate of drug-likeness (QED) is 0.855. The fourth-order valence-corrected chi connectivity index (χ4v) is 3.80. The number of carbonyl (C=O) groups is 1. The van der Waals surface area contributed by atoms with E-state index in [1.54, 1.807) is 0 Å². The smallest absolute Gasteiger partial charge is 0.140 e. The van der Waals surface area contributed by atoms with Crippen LogP contribution < -0.4 is 0 Å². The van der Waals surface area contributed by atoms with Gasteiger partial charge in [0.15, 0.2) is 0 Å².